The summed E-state index contributed by atoms with van der Waals surface area (Å²) >= 11 is 0. The van der Waals surface area contributed by atoms with Crippen molar-refractivity contribution in [1.82, 2.24) is 24.6 Å². The smallest absolute Gasteiger partial charge is 0.179 e. The number of H-pyrrole nitrogens is 1. The van der Waals surface area contributed by atoms with E-state index in [1.807, 2.05) is 12.3 Å². The van der Waals surface area contributed by atoms with E-state index in [1.165, 1.54) is 12.8 Å². The number of nitrogens with one attached hydrogen (secondary N) is 1. The van der Waals surface area contributed by atoms with E-state index in [4.69, 9.17) is 4.84 Å². The SMILES string of the molecule is CC[C@@H]1C/C(=N/OCC2CC2)C[C@@H]1c1nnc2cnc3[nH]ccc3n12. The molecular formula is C18H22N6O. The van der Waals surface area contributed by atoms with Crippen LogP contribution in [0.3, 0.4) is 0 Å². The molecule has 130 valence electrons. The maximum Gasteiger partial charge on any atom is 0.179 e. The molecule has 2 fully saturated rings. The van der Waals surface area contributed by atoms with Crippen LogP contribution in [0.4, 0.5) is 0 Å². The minimum atomic E-state index is 0.323. The number of oxime groups is 1. The predicted octanol–water partition coefficient (Wildman–Crippen LogP) is 3.29. The van der Waals surface area contributed by atoms with Crippen LogP contribution >= 0.6 is 0 Å². The van der Waals surface area contributed by atoms with Crippen LogP contribution in [0.1, 0.15) is 50.8 Å². The van der Waals surface area contributed by atoms with Crippen molar-refractivity contribution < 1.29 is 4.84 Å². The Balaban J connectivity index is 1.48. The van der Waals surface area contributed by atoms with E-state index in [0.29, 0.717) is 11.8 Å². The van der Waals surface area contributed by atoms with Gasteiger partial charge in [0.05, 0.1) is 17.4 Å². The largest absolute Gasteiger partial charge is 0.396 e. The van der Waals surface area contributed by atoms with Gasteiger partial charge in [0.2, 0.25) is 0 Å². The lowest BCUT2D eigenvalue weighted by atomic mass is 9.93. The third kappa shape index (κ3) is 2.58. The number of hydrogen-bond acceptors (Lipinski definition) is 5. The van der Waals surface area contributed by atoms with Gasteiger partial charge in [-0.3, -0.25) is 4.40 Å². The molecule has 3 aromatic heterocycles. The summed E-state index contributed by atoms with van der Waals surface area (Å²) in [5.41, 5.74) is 3.85. The first-order valence-electron chi connectivity index (χ1n) is 9.18. The van der Waals surface area contributed by atoms with E-state index in [1.54, 1.807) is 6.20 Å². The van der Waals surface area contributed by atoms with E-state index in [-0.39, 0.29) is 0 Å². The second-order valence-electron chi connectivity index (χ2n) is 7.30. The number of aromatic nitrogens is 5. The first kappa shape index (κ1) is 14.9. The lowest BCUT2D eigenvalue weighted by molar-refractivity contribution is 0.133. The van der Waals surface area contributed by atoms with Gasteiger partial charge in [-0.15, -0.1) is 10.2 Å². The van der Waals surface area contributed by atoms with Crippen molar-refractivity contribution in [3.8, 4) is 0 Å². The van der Waals surface area contributed by atoms with Gasteiger partial charge in [0, 0.05) is 12.1 Å². The average molecular weight is 338 g/mol. The van der Waals surface area contributed by atoms with E-state index >= 15 is 0 Å². The fourth-order valence-corrected chi connectivity index (χ4v) is 3.91. The Hall–Kier alpha value is -2.44. The molecule has 0 unspecified atom stereocenters. The molecule has 7 heteroatoms. The molecule has 0 spiro atoms. The Labute approximate surface area is 145 Å². The molecule has 2 aliphatic carbocycles. The zero-order valence-electron chi connectivity index (χ0n) is 14.4. The molecule has 3 aromatic rings. The highest BCUT2D eigenvalue weighted by molar-refractivity contribution is 5.87. The fourth-order valence-electron chi connectivity index (χ4n) is 3.91. The van der Waals surface area contributed by atoms with Gasteiger partial charge in [-0.1, -0.05) is 18.5 Å². The van der Waals surface area contributed by atoms with Gasteiger partial charge < -0.3 is 9.82 Å². The van der Waals surface area contributed by atoms with Crippen LogP contribution in [0.25, 0.3) is 16.8 Å². The van der Waals surface area contributed by atoms with Crippen molar-refractivity contribution >= 4 is 22.5 Å². The summed E-state index contributed by atoms with van der Waals surface area (Å²) < 4.78 is 2.14. The molecule has 2 aliphatic rings. The van der Waals surface area contributed by atoms with Crippen LogP contribution in [0, 0.1) is 11.8 Å². The molecule has 7 nitrogen and oxygen atoms in total. The van der Waals surface area contributed by atoms with E-state index in [2.05, 4.69) is 36.6 Å². The van der Waals surface area contributed by atoms with Crippen molar-refractivity contribution in [2.75, 3.05) is 6.61 Å². The summed E-state index contributed by atoms with van der Waals surface area (Å²) in [5, 5.41) is 13.3. The summed E-state index contributed by atoms with van der Waals surface area (Å²) in [4.78, 5) is 13.1. The Morgan fingerprint density at radius 2 is 2.24 bits per heavy atom. The third-order valence-electron chi connectivity index (χ3n) is 5.55. The van der Waals surface area contributed by atoms with E-state index in [9.17, 15) is 0 Å². The molecule has 5 rings (SSSR count). The van der Waals surface area contributed by atoms with Crippen LogP contribution in [-0.4, -0.2) is 36.9 Å². The van der Waals surface area contributed by atoms with Gasteiger partial charge >= 0.3 is 0 Å². The molecule has 2 saturated carbocycles. The van der Waals surface area contributed by atoms with Crippen molar-refractivity contribution in [3.05, 3.63) is 24.3 Å². The molecule has 0 bridgehead atoms. The summed E-state index contributed by atoms with van der Waals surface area (Å²) in [5.74, 6) is 2.60. The molecule has 25 heavy (non-hydrogen) atoms. The molecule has 0 radical (unpaired) electrons. The zero-order valence-corrected chi connectivity index (χ0v) is 14.4. The summed E-state index contributed by atoms with van der Waals surface area (Å²) in [6, 6.07) is 2.03. The first-order chi connectivity index (χ1) is 12.3. The van der Waals surface area contributed by atoms with E-state index < -0.39 is 0 Å². The van der Waals surface area contributed by atoms with Crippen molar-refractivity contribution in [2.24, 2.45) is 17.0 Å². The lowest BCUT2D eigenvalue weighted by Gasteiger charge is -2.15. The fraction of sp³-hybridized carbons (Fsp3) is 0.556. The Morgan fingerprint density at radius 1 is 1.32 bits per heavy atom. The normalized spacial score (nSPS) is 25.4. The molecule has 2 atom stereocenters. The number of nitrogens with zero attached hydrogens (tertiary/aromatic N) is 5. The number of hydrogen-bond donors (Lipinski definition) is 1. The van der Waals surface area contributed by atoms with Crippen LogP contribution in [-0.2, 0) is 4.84 Å². The maximum atomic E-state index is 5.58. The number of fused-ring (bicyclic) bond motifs is 3. The van der Waals surface area contributed by atoms with Gasteiger partial charge in [0.15, 0.2) is 11.3 Å². The molecule has 1 N–H and O–H groups in total. The minimum absolute atomic E-state index is 0.323. The minimum Gasteiger partial charge on any atom is -0.396 e. The van der Waals surface area contributed by atoms with Gasteiger partial charge in [-0.2, -0.15) is 0 Å². The predicted molar refractivity (Wildman–Crippen MR) is 94.5 cm³/mol. The summed E-state index contributed by atoms with van der Waals surface area (Å²) in [7, 11) is 0. The van der Waals surface area contributed by atoms with Crippen molar-refractivity contribution in [1.29, 1.82) is 0 Å². The third-order valence-corrected chi connectivity index (χ3v) is 5.55. The number of rotatable bonds is 5. The summed E-state index contributed by atoms with van der Waals surface area (Å²) in [6.07, 6.45) is 9.25. The molecule has 0 aromatic carbocycles. The molecule has 0 saturated heterocycles. The standard InChI is InChI=1S/C18H22N6O/c1-2-12-7-13(23-25-10-11-3-4-11)8-14(12)18-22-21-16-9-20-17-15(24(16)18)5-6-19-17/h5-6,9,11-12,14,19H,2-4,7-8,10H2,1H3/b23-13-/t12-,14+/m1/s1. The second-order valence-corrected chi connectivity index (χ2v) is 7.30. The first-order valence-corrected chi connectivity index (χ1v) is 9.18. The Morgan fingerprint density at radius 3 is 3.08 bits per heavy atom. The van der Waals surface area contributed by atoms with Crippen LogP contribution in [0.5, 0.6) is 0 Å². The van der Waals surface area contributed by atoms with Gasteiger partial charge in [0.1, 0.15) is 12.4 Å². The molecule has 3 heterocycles. The lowest BCUT2D eigenvalue weighted by Crippen LogP contribution is -2.09. The Kier molecular flexibility index (Phi) is 3.46. The van der Waals surface area contributed by atoms with Crippen LogP contribution < -0.4 is 0 Å². The van der Waals surface area contributed by atoms with Gasteiger partial charge in [-0.25, -0.2) is 4.98 Å². The van der Waals surface area contributed by atoms with Crippen LogP contribution in [0.2, 0.25) is 0 Å². The highest BCUT2D eigenvalue weighted by Gasteiger charge is 2.35. The average Bonchev–Trinajstić information content (AvgIpc) is 3.02. The van der Waals surface area contributed by atoms with Crippen molar-refractivity contribution in [2.45, 2.75) is 44.9 Å². The monoisotopic (exact) mass is 338 g/mol. The van der Waals surface area contributed by atoms with Crippen LogP contribution in [0.15, 0.2) is 23.6 Å². The topological polar surface area (TPSA) is 80.5 Å². The zero-order chi connectivity index (χ0) is 16.8. The van der Waals surface area contributed by atoms with E-state index in [0.717, 1.165) is 60.1 Å². The highest BCUT2D eigenvalue weighted by atomic mass is 16.6. The molecule has 0 amide bonds. The van der Waals surface area contributed by atoms with Gasteiger partial charge in [-0.05, 0) is 43.6 Å². The van der Waals surface area contributed by atoms with Gasteiger partial charge in [0.25, 0.3) is 0 Å². The molecule has 0 aliphatic heterocycles. The second kappa shape index (κ2) is 5.82. The maximum absolute atomic E-state index is 5.58. The van der Waals surface area contributed by atoms with Crippen molar-refractivity contribution in [3.63, 3.8) is 0 Å². The highest BCUT2D eigenvalue weighted by Crippen LogP contribution is 2.40. The summed E-state index contributed by atoms with van der Waals surface area (Å²) in [6.45, 7) is 3.01. The quantitative estimate of drug-likeness (QED) is 0.724. The Bertz CT molecular complexity index is 937. The molecular weight excluding hydrogens is 316 g/mol. The number of aromatic amines is 1.